The van der Waals surface area contributed by atoms with Crippen LogP contribution >= 0.6 is 35.0 Å². The van der Waals surface area contributed by atoms with Crippen LogP contribution in [-0.4, -0.2) is 34.8 Å². The van der Waals surface area contributed by atoms with Gasteiger partial charge in [0.15, 0.2) is 0 Å². The number of carbonyl (C=O) groups excluding carboxylic acids is 1. The minimum atomic E-state index is -0.800. The minimum Gasteiger partial charge on any atom is -0.387 e. The van der Waals surface area contributed by atoms with Gasteiger partial charge in [0.25, 0.3) is 0 Å². The highest BCUT2D eigenvalue weighted by Gasteiger charge is 2.31. The minimum absolute atomic E-state index is 0.233. The Balaban J connectivity index is 1.87. The molecular weight excluding hydrogens is 307 g/mol. The first kappa shape index (κ1) is 14.8. The zero-order valence-corrected chi connectivity index (χ0v) is 12.4. The summed E-state index contributed by atoms with van der Waals surface area (Å²) in [5.74, 6) is 1.57. The van der Waals surface area contributed by atoms with Gasteiger partial charge in [-0.15, -0.1) is 0 Å². The Morgan fingerprint density at radius 1 is 1.47 bits per heavy atom. The van der Waals surface area contributed by atoms with Crippen LogP contribution in [0.3, 0.4) is 0 Å². The summed E-state index contributed by atoms with van der Waals surface area (Å²) in [5, 5.41) is 16.2. The Morgan fingerprint density at radius 3 is 2.89 bits per heavy atom. The van der Waals surface area contributed by atoms with Gasteiger partial charge in [-0.25, -0.2) is 4.79 Å². The largest absolute Gasteiger partial charge is 0.387 e. The molecule has 1 aliphatic heterocycles. The second kappa shape index (κ2) is 6.22. The molecule has 0 saturated carbocycles. The Morgan fingerprint density at radius 2 is 2.26 bits per heavy atom. The van der Waals surface area contributed by atoms with Gasteiger partial charge in [-0.2, -0.15) is 11.8 Å². The van der Waals surface area contributed by atoms with E-state index in [1.54, 1.807) is 30.0 Å². The van der Waals surface area contributed by atoms with Crippen LogP contribution in [0, 0.1) is 0 Å². The maximum atomic E-state index is 11.7. The first-order valence-electron chi connectivity index (χ1n) is 5.79. The highest BCUT2D eigenvalue weighted by atomic mass is 35.5. The fourth-order valence-electron chi connectivity index (χ4n) is 1.74. The van der Waals surface area contributed by atoms with E-state index in [4.69, 9.17) is 23.2 Å². The van der Waals surface area contributed by atoms with Crippen LogP contribution in [0.25, 0.3) is 0 Å². The zero-order chi connectivity index (χ0) is 13.9. The van der Waals surface area contributed by atoms with E-state index in [9.17, 15) is 9.90 Å². The third-order valence-electron chi connectivity index (χ3n) is 2.84. The van der Waals surface area contributed by atoms with Crippen molar-refractivity contribution in [2.45, 2.75) is 12.0 Å². The van der Waals surface area contributed by atoms with Gasteiger partial charge in [-0.05, 0) is 30.4 Å². The number of halogens is 2. The number of benzene rings is 1. The van der Waals surface area contributed by atoms with Crippen molar-refractivity contribution in [3.05, 3.63) is 28.2 Å². The van der Waals surface area contributed by atoms with Gasteiger partial charge in [0.2, 0.25) is 0 Å². The van der Waals surface area contributed by atoms with Gasteiger partial charge in [0.05, 0.1) is 16.3 Å². The summed E-state index contributed by atoms with van der Waals surface area (Å²) in [4.78, 5) is 11.7. The van der Waals surface area contributed by atoms with Gasteiger partial charge < -0.3 is 15.7 Å². The van der Waals surface area contributed by atoms with E-state index >= 15 is 0 Å². The normalized spacial score (nSPS) is 22.3. The molecule has 3 N–H and O–H groups in total. The standard InChI is InChI=1S/C12H14Cl2N2O2S/c13-8-1-2-10(9(14)5-8)16-11(17)15-6-12(18)3-4-19-7-12/h1-2,5,18H,3-4,6-7H2,(H2,15,16,17). The van der Waals surface area contributed by atoms with Crippen LogP contribution in [0.5, 0.6) is 0 Å². The van der Waals surface area contributed by atoms with Crippen LogP contribution in [0.4, 0.5) is 10.5 Å². The molecule has 1 atom stereocenters. The zero-order valence-electron chi connectivity index (χ0n) is 10.1. The smallest absolute Gasteiger partial charge is 0.319 e. The lowest BCUT2D eigenvalue weighted by molar-refractivity contribution is 0.0706. The summed E-state index contributed by atoms with van der Waals surface area (Å²) in [5.41, 5.74) is -0.317. The number of thioether (sulfide) groups is 1. The third-order valence-corrected chi connectivity index (χ3v) is 4.62. The van der Waals surface area contributed by atoms with Crippen LogP contribution in [0.15, 0.2) is 18.2 Å². The quantitative estimate of drug-likeness (QED) is 0.802. The van der Waals surface area contributed by atoms with Gasteiger partial charge in [0, 0.05) is 17.3 Å². The monoisotopic (exact) mass is 320 g/mol. The molecule has 1 unspecified atom stereocenters. The summed E-state index contributed by atoms with van der Waals surface area (Å²) < 4.78 is 0. The average molecular weight is 321 g/mol. The Labute approximate surface area is 125 Å². The van der Waals surface area contributed by atoms with E-state index in [1.807, 2.05) is 0 Å². The van der Waals surface area contributed by atoms with Crippen molar-refractivity contribution in [2.75, 3.05) is 23.4 Å². The van der Waals surface area contributed by atoms with Crippen molar-refractivity contribution in [3.63, 3.8) is 0 Å². The van der Waals surface area contributed by atoms with Crippen molar-refractivity contribution < 1.29 is 9.90 Å². The number of amides is 2. The van der Waals surface area contributed by atoms with Crippen molar-refractivity contribution in [1.29, 1.82) is 0 Å². The molecule has 4 nitrogen and oxygen atoms in total. The van der Waals surface area contributed by atoms with Gasteiger partial charge >= 0.3 is 6.03 Å². The Bertz CT molecular complexity index is 479. The van der Waals surface area contributed by atoms with Crippen LogP contribution < -0.4 is 10.6 Å². The molecule has 2 rings (SSSR count). The number of nitrogens with one attached hydrogen (secondary N) is 2. The molecule has 0 radical (unpaired) electrons. The molecule has 2 amide bonds. The van der Waals surface area contributed by atoms with Crippen molar-refractivity contribution >= 4 is 46.7 Å². The number of anilines is 1. The topological polar surface area (TPSA) is 61.4 Å². The maximum absolute atomic E-state index is 11.7. The van der Waals surface area contributed by atoms with Gasteiger partial charge in [-0.3, -0.25) is 0 Å². The summed E-state index contributed by atoms with van der Waals surface area (Å²) in [6.45, 7) is 0.233. The molecule has 1 aromatic rings. The third kappa shape index (κ3) is 4.18. The van der Waals surface area contributed by atoms with Gasteiger partial charge in [0.1, 0.15) is 0 Å². The fraction of sp³-hybridized carbons (Fsp3) is 0.417. The summed E-state index contributed by atoms with van der Waals surface area (Å²) >= 11 is 13.4. The molecule has 1 heterocycles. The van der Waals surface area contributed by atoms with Crippen LogP contribution in [-0.2, 0) is 0 Å². The molecule has 0 aliphatic carbocycles. The Kier molecular flexibility index (Phi) is 4.84. The molecule has 7 heteroatoms. The van der Waals surface area contributed by atoms with Crippen molar-refractivity contribution in [3.8, 4) is 0 Å². The molecule has 1 aromatic carbocycles. The predicted molar refractivity (Wildman–Crippen MR) is 80.4 cm³/mol. The molecule has 104 valence electrons. The van der Waals surface area contributed by atoms with E-state index in [0.29, 0.717) is 27.9 Å². The van der Waals surface area contributed by atoms with E-state index in [0.717, 1.165) is 5.75 Å². The second-order valence-electron chi connectivity index (χ2n) is 4.46. The molecule has 0 spiro atoms. The predicted octanol–water partition coefficient (Wildman–Crippen LogP) is 2.98. The van der Waals surface area contributed by atoms with Crippen molar-refractivity contribution in [1.82, 2.24) is 5.32 Å². The SMILES string of the molecule is O=C(NCC1(O)CCSC1)Nc1ccc(Cl)cc1Cl. The number of urea groups is 1. The van der Waals surface area contributed by atoms with Gasteiger partial charge in [-0.1, -0.05) is 23.2 Å². The lowest BCUT2D eigenvalue weighted by atomic mass is 10.0. The average Bonchev–Trinajstić information content (AvgIpc) is 2.78. The Hall–Kier alpha value is -0.620. The molecule has 0 bridgehead atoms. The lowest BCUT2D eigenvalue weighted by Gasteiger charge is -2.21. The number of hydrogen-bond acceptors (Lipinski definition) is 3. The highest BCUT2D eigenvalue weighted by molar-refractivity contribution is 7.99. The molecule has 19 heavy (non-hydrogen) atoms. The molecular formula is C12H14Cl2N2O2S. The molecule has 1 saturated heterocycles. The fourth-order valence-corrected chi connectivity index (χ4v) is 3.49. The van der Waals surface area contributed by atoms with E-state index in [2.05, 4.69) is 10.6 Å². The number of rotatable bonds is 3. The number of carbonyl (C=O) groups is 1. The van der Waals surface area contributed by atoms with Crippen LogP contribution in [0.2, 0.25) is 10.0 Å². The first-order chi connectivity index (χ1) is 8.98. The maximum Gasteiger partial charge on any atom is 0.319 e. The molecule has 1 aliphatic rings. The van der Waals surface area contributed by atoms with Crippen LogP contribution in [0.1, 0.15) is 6.42 Å². The van der Waals surface area contributed by atoms with E-state index < -0.39 is 11.6 Å². The van der Waals surface area contributed by atoms with E-state index in [-0.39, 0.29) is 6.54 Å². The molecule has 1 fully saturated rings. The summed E-state index contributed by atoms with van der Waals surface area (Å²) in [7, 11) is 0. The summed E-state index contributed by atoms with van der Waals surface area (Å²) in [6.07, 6.45) is 0.694. The molecule has 0 aromatic heterocycles. The number of aliphatic hydroxyl groups is 1. The summed E-state index contributed by atoms with van der Waals surface area (Å²) in [6, 6.07) is 4.43. The highest BCUT2D eigenvalue weighted by Crippen LogP contribution is 2.27. The van der Waals surface area contributed by atoms with Crippen molar-refractivity contribution in [2.24, 2.45) is 0 Å². The lowest BCUT2D eigenvalue weighted by Crippen LogP contribution is -2.44. The van der Waals surface area contributed by atoms with E-state index in [1.165, 1.54) is 0 Å². The number of hydrogen-bond donors (Lipinski definition) is 3. The first-order valence-corrected chi connectivity index (χ1v) is 7.70. The second-order valence-corrected chi connectivity index (χ2v) is 6.41.